The van der Waals surface area contributed by atoms with E-state index in [0.29, 0.717) is 16.6 Å². The summed E-state index contributed by atoms with van der Waals surface area (Å²) < 4.78 is 0. The van der Waals surface area contributed by atoms with Crippen molar-refractivity contribution in [3.63, 3.8) is 0 Å². The van der Waals surface area contributed by atoms with E-state index in [1.54, 1.807) is 12.1 Å². The fourth-order valence-corrected chi connectivity index (χ4v) is 4.84. The van der Waals surface area contributed by atoms with Gasteiger partial charge in [-0.15, -0.1) is 0 Å². The monoisotopic (exact) mass is 290 g/mol. The van der Waals surface area contributed by atoms with Crippen molar-refractivity contribution in [2.75, 3.05) is 12.4 Å². The lowest BCUT2D eigenvalue weighted by atomic mass is 10.0. The summed E-state index contributed by atoms with van der Waals surface area (Å²) in [4.78, 5) is 12.5. The molecule has 4 heteroatoms. The van der Waals surface area contributed by atoms with Gasteiger partial charge in [-0.2, -0.15) is 0 Å². The number of fused-ring (bicyclic) bond motifs is 5. The van der Waals surface area contributed by atoms with Crippen molar-refractivity contribution in [1.29, 1.82) is 0 Å². The number of hydrogen-bond donors (Lipinski definition) is 2. The van der Waals surface area contributed by atoms with Crippen molar-refractivity contribution in [2.45, 2.75) is 25.3 Å². The highest BCUT2D eigenvalue weighted by Gasteiger charge is 2.65. The van der Waals surface area contributed by atoms with Crippen LogP contribution in [0.4, 0.5) is 5.69 Å². The molecule has 3 aliphatic carbocycles. The number of amides is 1. The summed E-state index contributed by atoms with van der Waals surface area (Å²) in [6, 6.07) is 5.82. The molecular weight excluding hydrogens is 272 g/mol. The summed E-state index contributed by atoms with van der Waals surface area (Å²) in [5.74, 6) is 3.28. The molecule has 1 amide bonds. The summed E-state index contributed by atoms with van der Waals surface area (Å²) >= 11 is 6.01. The molecule has 106 valence electrons. The highest BCUT2D eigenvalue weighted by atomic mass is 35.5. The fraction of sp³-hybridized carbons (Fsp3) is 0.562. The predicted molar refractivity (Wildman–Crippen MR) is 80.1 cm³/mol. The molecule has 4 rings (SSSR count). The molecule has 3 saturated carbocycles. The number of rotatable bonds is 3. The van der Waals surface area contributed by atoms with Gasteiger partial charge in [-0.3, -0.25) is 4.79 Å². The second kappa shape index (κ2) is 4.39. The summed E-state index contributed by atoms with van der Waals surface area (Å²) in [5.41, 5.74) is 1.48. The van der Waals surface area contributed by atoms with Crippen molar-refractivity contribution in [2.24, 2.45) is 23.7 Å². The Morgan fingerprint density at radius 1 is 1.25 bits per heavy atom. The Labute approximate surface area is 124 Å². The third-order valence-electron chi connectivity index (χ3n) is 5.53. The van der Waals surface area contributed by atoms with Crippen LogP contribution < -0.4 is 10.6 Å². The highest BCUT2D eigenvalue weighted by Crippen LogP contribution is 2.65. The molecule has 0 spiro atoms. The van der Waals surface area contributed by atoms with Gasteiger partial charge in [0.05, 0.1) is 5.56 Å². The van der Waals surface area contributed by atoms with Gasteiger partial charge in [0.25, 0.3) is 5.91 Å². The van der Waals surface area contributed by atoms with Gasteiger partial charge < -0.3 is 10.6 Å². The summed E-state index contributed by atoms with van der Waals surface area (Å²) in [6.45, 7) is 0. The van der Waals surface area contributed by atoms with Gasteiger partial charge in [0.15, 0.2) is 0 Å². The average molecular weight is 291 g/mol. The Hall–Kier alpha value is -1.22. The van der Waals surface area contributed by atoms with E-state index in [2.05, 4.69) is 10.6 Å². The number of halogens is 1. The molecule has 20 heavy (non-hydrogen) atoms. The molecule has 3 nitrogen and oxygen atoms in total. The predicted octanol–water partition coefficient (Wildman–Crippen LogP) is 3.16. The Balaban J connectivity index is 1.50. The molecule has 2 N–H and O–H groups in total. The first-order chi connectivity index (χ1) is 9.69. The van der Waals surface area contributed by atoms with Crippen molar-refractivity contribution < 1.29 is 4.79 Å². The van der Waals surface area contributed by atoms with Crippen LogP contribution in [0.25, 0.3) is 0 Å². The highest BCUT2D eigenvalue weighted by molar-refractivity contribution is 6.31. The van der Waals surface area contributed by atoms with Crippen LogP contribution in [-0.4, -0.2) is 19.0 Å². The van der Waals surface area contributed by atoms with Gasteiger partial charge in [0.2, 0.25) is 0 Å². The minimum absolute atomic E-state index is 0.00986. The van der Waals surface area contributed by atoms with E-state index in [4.69, 9.17) is 11.6 Å². The molecular formula is C16H19ClN2O. The summed E-state index contributed by atoms with van der Waals surface area (Å²) in [7, 11) is 1.83. The normalized spacial score (nSPS) is 36.6. The third kappa shape index (κ3) is 1.76. The maximum atomic E-state index is 12.5. The quantitative estimate of drug-likeness (QED) is 0.898. The maximum Gasteiger partial charge on any atom is 0.253 e. The zero-order chi connectivity index (χ0) is 13.9. The van der Waals surface area contributed by atoms with E-state index < -0.39 is 0 Å². The van der Waals surface area contributed by atoms with E-state index in [0.717, 1.165) is 29.4 Å². The number of carbonyl (C=O) groups is 1. The molecule has 0 heterocycles. The molecule has 4 unspecified atom stereocenters. The van der Waals surface area contributed by atoms with E-state index in [1.165, 1.54) is 19.3 Å². The molecule has 0 aliphatic heterocycles. The second-order valence-corrected chi connectivity index (χ2v) is 6.86. The first-order valence-electron chi connectivity index (χ1n) is 7.47. The lowest BCUT2D eigenvalue weighted by Crippen LogP contribution is -2.30. The van der Waals surface area contributed by atoms with E-state index >= 15 is 0 Å². The Morgan fingerprint density at radius 2 is 1.95 bits per heavy atom. The van der Waals surface area contributed by atoms with Gasteiger partial charge in [-0.25, -0.2) is 0 Å². The zero-order valence-electron chi connectivity index (χ0n) is 11.5. The summed E-state index contributed by atoms with van der Waals surface area (Å²) in [5, 5.41) is 6.90. The van der Waals surface area contributed by atoms with Crippen molar-refractivity contribution >= 4 is 23.2 Å². The summed E-state index contributed by atoms with van der Waals surface area (Å²) in [6.07, 6.45) is 4.15. The molecule has 3 aliphatic rings. The van der Waals surface area contributed by atoms with Crippen molar-refractivity contribution in [3.05, 3.63) is 28.8 Å². The fourth-order valence-electron chi connectivity index (χ4n) is 4.67. The average Bonchev–Trinajstić information content (AvgIpc) is 2.84. The van der Waals surface area contributed by atoms with E-state index in [-0.39, 0.29) is 5.91 Å². The van der Waals surface area contributed by atoms with Crippen LogP contribution in [0.1, 0.15) is 29.6 Å². The Kier molecular flexibility index (Phi) is 2.75. The SMILES string of the molecule is CNc1ccc(Cl)cc1C(=O)NC1C2C3CCC(C3)C12. The van der Waals surface area contributed by atoms with Crippen molar-refractivity contribution in [1.82, 2.24) is 5.32 Å². The van der Waals surface area contributed by atoms with E-state index in [9.17, 15) is 4.79 Å². The van der Waals surface area contributed by atoms with Crippen LogP contribution >= 0.6 is 11.6 Å². The van der Waals surface area contributed by atoms with Crippen LogP contribution in [0.15, 0.2) is 18.2 Å². The van der Waals surface area contributed by atoms with Crippen LogP contribution in [0, 0.1) is 23.7 Å². The molecule has 0 radical (unpaired) electrons. The largest absolute Gasteiger partial charge is 0.387 e. The van der Waals surface area contributed by atoms with Gasteiger partial charge in [0, 0.05) is 23.8 Å². The van der Waals surface area contributed by atoms with Crippen LogP contribution in [0.5, 0.6) is 0 Å². The topological polar surface area (TPSA) is 41.1 Å². The molecule has 1 aromatic rings. The number of nitrogens with one attached hydrogen (secondary N) is 2. The lowest BCUT2D eigenvalue weighted by molar-refractivity contribution is 0.0945. The van der Waals surface area contributed by atoms with Crippen LogP contribution in [0.3, 0.4) is 0 Å². The second-order valence-electron chi connectivity index (χ2n) is 6.43. The van der Waals surface area contributed by atoms with Crippen LogP contribution in [-0.2, 0) is 0 Å². The molecule has 0 aromatic heterocycles. The van der Waals surface area contributed by atoms with Crippen LogP contribution in [0.2, 0.25) is 5.02 Å². The molecule has 2 bridgehead atoms. The Bertz CT molecular complexity index is 558. The number of anilines is 1. The molecule has 0 saturated heterocycles. The maximum absolute atomic E-state index is 12.5. The standard InChI is InChI=1S/C16H19ClN2O/c1-18-12-5-4-10(17)7-11(12)16(20)19-15-13-8-2-3-9(6-8)14(13)15/h4-5,7-9,13-15,18H,2-3,6H2,1H3,(H,19,20). The van der Waals surface area contributed by atoms with Gasteiger partial charge >= 0.3 is 0 Å². The van der Waals surface area contributed by atoms with Gasteiger partial charge in [-0.1, -0.05) is 11.6 Å². The van der Waals surface area contributed by atoms with Crippen molar-refractivity contribution in [3.8, 4) is 0 Å². The Morgan fingerprint density at radius 3 is 2.60 bits per heavy atom. The zero-order valence-corrected chi connectivity index (χ0v) is 12.3. The van der Waals surface area contributed by atoms with E-state index in [1.807, 2.05) is 13.1 Å². The molecule has 1 aromatic carbocycles. The number of hydrogen-bond acceptors (Lipinski definition) is 2. The molecule has 4 atom stereocenters. The third-order valence-corrected chi connectivity index (χ3v) is 5.76. The number of carbonyl (C=O) groups excluding carboxylic acids is 1. The number of benzene rings is 1. The minimum atomic E-state index is 0.00986. The minimum Gasteiger partial charge on any atom is -0.387 e. The first kappa shape index (κ1) is 12.5. The lowest BCUT2D eigenvalue weighted by Gasteiger charge is -2.13. The molecule has 3 fully saturated rings. The van der Waals surface area contributed by atoms with Gasteiger partial charge in [0.1, 0.15) is 0 Å². The smallest absolute Gasteiger partial charge is 0.253 e. The van der Waals surface area contributed by atoms with Gasteiger partial charge in [-0.05, 0) is 61.1 Å². The first-order valence-corrected chi connectivity index (χ1v) is 7.85.